The van der Waals surface area contributed by atoms with Gasteiger partial charge >= 0.3 is 0 Å². The summed E-state index contributed by atoms with van der Waals surface area (Å²) >= 11 is 5.20. The summed E-state index contributed by atoms with van der Waals surface area (Å²) in [7, 11) is 0. The van der Waals surface area contributed by atoms with Gasteiger partial charge in [-0.05, 0) is 86.1 Å². The smallest absolute Gasteiger partial charge is 0.260 e. The first-order valence-corrected chi connectivity index (χ1v) is 13.3. The summed E-state index contributed by atoms with van der Waals surface area (Å²) in [6.45, 7) is 5.01. The van der Waals surface area contributed by atoms with Gasteiger partial charge in [-0.3, -0.25) is 4.79 Å². The van der Waals surface area contributed by atoms with Gasteiger partial charge < -0.3 is 14.5 Å². The van der Waals surface area contributed by atoms with Gasteiger partial charge in [0, 0.05) is 9.35 Å². The zero-order valence-corrected chi connectivity index (χ0v) is 21.8. The molecule has 2 aromatic carbocycles. The molecule has 34 heavy (non-hydrogen) atoms. The largest absolute Gasteiger partial charge is 0.490 e. The third-order valence-corrected chi connectivity index (χ3v) is 7.83. The van der Waals surface area contributed by atoms with Crippen molar-refractivity contribution in [1.29, 1.82) is 0 Å². The minimum Gasteiger partial charge on any atom is -0.490 e. The molecule has 2 heterocycles. The van der Waals surface area contributed by atoms with E-state index in [9.17, 15) is 4.79 Å². The molecule has 0 saturated heterocycles. The van der Waals surface area contributed by atoms with Gasteiger partial charge in [-0.15, -0.1) is 11.3 Å². The van der Waals surface area contributed by atoms with Crippen molar-refractivity contribution in [3.63, 3.8) is 0 Å². The van der Waals surface area contributed by atoms with E-state index >= 15 is 0 Å². The van der Waals surface area contributed by atoms with Gasteiger partial charge in [0.1, 0.15) is 35.4 Å². The molecule has 0 fully saturated rings. The molecule has 0 atom stereocenters. The average Bonchev–Trinajstić information content (AvgIpc) is 3.21. The maximum Gasteiger partial charge on any atom is 0.260 e. The number of nitrogens with one attached hydrogen (secondary N) is 1. The average molecular weight is 539 g/mol. The van der Waals surface area contributed by atoms with Gasteiger partial charge in [-0.2, -0.15) is 0 Å². The van der Waals surface area contributed by atoms with Gasteiger partial charge in [-0.25, -0.2) is 4.98 Å². The first kappa shape index (κ1) is 23.1. The molecular weight excluding hydrogens is 512 g/mol. The van der Waals surface area contributed by atoms with Crippen molar-refractivity contribution in [2.75, 3.05) is 13.2 Å². The van der Waals surface area contributed by atoms with E-state index in [0.717, 1.165) is 51.7 Å². The lowest BCUT2D eigenvalue weighted by Crippen LogP contribution is -2.12. The minimum atomic E-state index is -0.0696. The highest BCUT2D eigenvalue weighted by molar-refractivity contribution is 9.10. The van der Waals surface area contributed by atoms with Crippen LogP contribution in [0.1, 0.15) is 41.3 Å². The Morgan fingerprint density at radius 1 is 1.09 bits per heavy atom. The molecule has 0 bridgehead atoms. The number of ether oxygens (including phenoxy) is 2. The highest BCUT2D eigenvalue weighted by Crippen LogP contribution is 2.36. The van der Waals surface area contributed by atoms with Crippen molar-refractivity contribution in [3.05, 3.63) is 72.8 Å². The lowest BCUT2D eigenvalue weighted by atomic mass is 9.97. The Kier molecular flexibility index (Phi) is 6.75. The zero-order valence-electron chi connectivity index (χ0n) is 19.4. The number of fused-ring (bicyclic) bond motifs is 3. The van der Waals surface area contributed by atoms with Crippen LogP contribution in [0.25, 0.3) is 21.6 Å². The summed E-state index contributed by atoms with van der Waals surface area (Å²) in [5, 5.41) is 0.763. The number of H-pyrrole nitrogens is 1. The molecule has 1 aliphatic rings. The van der Waals surface area contributed by atoms with E-state index in [2.05, 4.69) is 46.9 Å². The SMILES string of the molecule is CCc1cc(C)cc(OCCOc2ccc(Br)cc2-c2nc3sc4c(c3c(=O)[nH]2)CCCC4)c1. The second kappa shape index (κ2) is 9.92. The fourth-order valence-corrected chi connectivity index (χ4v) is 6.15. The van der Waals surface area contributed by atoms with Crippen LogP contribution in [0.4, 0.5) is 0 Å². The van der Waals surface area contributed by atoms with Gasteiger partial charge in [0.2, 0.25) is 0 Å². The Hall–Kier alpha value is -2.64. The number of aromatic amines is 1. The molecule has 176 valence electrons. The summed E-state index contributed by atoms with van der Waals surface area (Å²) < 4.78 is 12.9. The van der Waals surface area contributed by atoms with Crippen LogP contribution in [0.15, 0.2) is 45.7 Å². The van der Waals surface area contributed by atoms with E-state index in [-0.39, 0.29) is 5.56 Å². The van der Waals surface area contributed by atoms with Gasteiger partial charge in [-0.1, -0.05) is 28.9 Å². The lowest BCUT2D eigenvalue weighted by Gasteiger charge is -2.13. The van der Waals surface area contributed by atoms with E-state index in [0.29, 0.717) is 24.8 Å². The van der Waals surface area contributed by atoms with Crippen molar-refractivity contribution in [2.45, 2.75) is 46.0 Å². The fourth-order valence-electron chi connectivity index (χ4n) is 4.53. The minimum absolute atomic E-state index is 0.0696. The Morgan fingerprint density at radius 2 is 1.91 bits per heavy atom. The van der Waals surface area contributed by atoms with Crippen LogP contribution in [0.3, 0.4) is 0 Å². The number of rotatable bonds is 7. The van der Waals surface area contributed by atoms with Crippen molar-refractivity contribution in [1.82, 2.24) is 9.97 Å². The molecule has 5 nitrogen and oxygen atoms in total. The Morgan fingerprint density at radius 3 is 2.76 bits per heavy atom. The number of hydrogen-bond donors (Lipinski definition) is 1. The predicted octanol–water partition coefficient (Wildman–Crippen LogP) is 6.62. The number of benzene rings is 2. The maximum atomic E-state index is 13.0. The third-order valence-electron chi connectivity index (χ3n) is 6.15. The molecule has 0 radical (unpaired) electrons. The van der Waals surface area contributed by atoms with E-state index < -0.39 is 0 Å². The molecular formula is C27H27BrN2O3S. The second-order valence-corrected chi connectivity index (χ2v) is 10.7. The summed E-state index contributed by atoms with van der Waals surface area (Å²) in [5.74, 6) is 2.04. The highest BCUT2D eigenvalue weighted by atomic mass is 79.9. The van der Waals surface area contributed by atoms with E-state index in [1.807, 2.05) is 24.3 Å². The molecule has 0 aliphatic heterocycles. The maximum absolute atomic E-state index is 13.0. The van der Waals surface area contributed by atoms with Crippen molar-refractivity contribution >= 4 is 37.5 Å². The van der Waals surface area contributed by atoms with Crippen LogP contribution in [0.5, 0.6) is 11.5 Å². The quantitative estimate of drug-likeness (QED) is 0.268. The molecule has 0 spiro atoms. The van der Waals surface area contributed by atoms with Gasteiger partial charge in [0.25, 0.3) is 5.56 Å². The van der Waals surface area contributed by atoms with Crippen molar-refractivity contribution in [3.8, 4) is 22.9 Å². The summed E-state index contributed by atoms with van der Waals surface area (Å²) in [6, 6.07) is 12.0. The number of thiophene rings is 1. The highest BCUT2D eigenvalue weighted by Gasteiger charge is 2.21. The molecule has 2 aromatic heterocycles. The van der Waals surface area contributed by atoms with Crippen molar-refractivity contribution in [2.24, 2.45) is 0 Å². The topological polar surface area (TPSA) is 64.2 Å². The molecule has 0 amide bonds. The Balaban J connectivity index is 1.37. The number of nitrogens with zero attached hydrogens (tertiary/aromatic N) is 1. The monoisotopic (exact) mass is 538 g/mol. The Labute approximate surface area is 211 Å². The summed E-state index contributed by atoms with van der Waals surface area (Å²) in [6.07, 6.45) is 5.29. The number of aryl methyl sites for hydroxylation is 4. The van der Waals surface area contributed by atoms with Crippen LogP contribution in [0, 0.1) is 6.92 Å². The lowest BCUT2D eigenvalue weighted by molar-refractivity contribution is 0.217. The van der Waals surface area contributed by atoms with E-state index in [1.54, 1.807) is 11.3 Å². The summed E-state index contributed by atoms with van der Waals surface area (Å²) in [5.41, 5.74) is 4.32. The van der Waals surface area contributed by atoms with Crippen molar-refractivity contribution < 1.29 is 9.47 Å². The van der Waals surface area contributed by atoms with Gasteiger partial charge in [0.05, 0.1) is 10.9 Å². The first-order chi connectivity index (χ1) is 16.5. The standard InChI is InChI=1S/C27H27BrN2O3S/c1-3-17-12-16(2)13-19(14-17)32-10-11-33-22-9-8-18(28)15-21(22)25-29-26(31)24-20-6-4-5-7-23(20)34-27(24)30-25/h8-9,12-15H,3-7,10-11H2,1-2H3,(H,29,30,31). The third kappa shape index (κ3) is 4.77. The van der Waals surface area contributed by atoms with Crippen LogP contribution in [-0.4, -0.2) is 23.2 Å². The number of halogens is 1. The molecule has 4 aromatic rings. The van der Waals surface area contributed by atoms with Gasteiger partial charge in [0.15, 0.2) is 0 Å². The Bertz CT molecular complexity index is 1410. The normalized spacial score (nSPS) is 13.1. The van der Waals surface area contributed by atoms with E-state index in [4.69, 9.17) is 14.5 Å². The van der Waals surface area contributed by atoms with Crippen LogP contribution < -0.4 is 15.0 Å². The molecule has 5 rings (SSSR count). The molecule has 0 saturated carbocycles. The second-order valence-electron chi connectivity index (χ2n) is 8.65. The molecule has 0 unspecified atom stereocenters. The first-order valence-electron chi connectivity index (χ1n) is 11.7. The molecule has 1 aliphatic carbocycles. The van der Waals surface area contributed by atoms with Crippen LogP contribution in [-0.2, 0) is 19.3 Å². The number of hydrogen-bond acceptors (Lipinski definition) is 5. The zero-order chi connectivity index (χ0) is 23.7. The van der Waals surface area contributed by atoms with E-state index in [1.165, 1.54) is 28.0 Å². The molecule has 1 N–H and O–H groups in total. The predicted molar refractivity (Wildman–Crippen MR) is 142 cm³/mol. The summed E-state index contributed by atoms with van der Waals surface area (Å²) in [4.78, 5) is 23.0. The van der Waals surface area contributed by atoms with Crippen LogP contribution >= 0.6 is 27.3 Å². The molecule has 7 heteroatoms. The fraction of sp³-hybridized carbons (Fsp3) is 0.333. The number of aromatic nitrogens is 2. The van der Waals surface area contributed by atoms with Crippen LogP contribution in [0.2, 0.25) is 0 Å².